The highest BCUT2D eigenvalue weighted by molar-refractivity contribution is 5.88. The molecule has 0 atom stereocenters. The molecule has 85 valence electrons. The van der Waals surface area contributed by atoms with Crippen LogP contribution in [-0.2, 0) is 11.2 Å². The van der Waals surface area contributed by atoms with Crippen molar-refractivity contribution in [2.24, 2.45) is 0 Å². The Morgan fingerprint density at radius 2 is 1.41 bits per heavy atom. The minimum atomic E-state index is -0.861. The first-order valence-corrected chi connectivity index (χ1v) is 5.46. The summed E-state index contributed by atoms with van der Waals surface area (Å²) >= 11 is 0. The predicted molar refractivity (Wildman–Crippen MR) is 66.6 cm³/mol. The Bertz CT molecular complexity index is 477. The van der Waals surface area contributed by atoms with Crippen molar-refractivity contribution in [1.82, 2.24) is 0 Å². The molecule has 0 heterocycles. The molecule has 0 fully saturated rings. The van der Waals surface area contributed by atoms with Crippen LogP contribution in [0.5, 0.6) is 0 Å². The van der Waals surface area contributed by atoms with Crippen molar-refractivity contribution < 1.29 is 9.90 Å². The molecule has 0 aromatic heterocycles. The van der Waals surface area contributed by atoms with Gasteiger partial charge < -0.3 is 5.11 Å². The van der Waals surface area contributed by atoms with E-state index < -0.39 is 5.97 Å². The zero-order valence-corrected chi connectivity index (χ0v) is 9.34. The SMILES string of the molecule is O=C(O)[C](Cc1ccccc1)c1ccccc1. The summed E-state index contributed by atoms with van der Waals surface area (Å²) in [6.07, 6.45) is 0.445. The zero-order valence-electron chi connectivity index (χ0n) is 9.34. The van der Waals surface area contributed by atoms with E-state index in [1.54, 1.807) is 0 Å². The summed E-state index contributed by atoms with van der Waals surface area (Å²) in [4.78, 5) is 11.3. The summed E-state index contributed by atoms with van der Waals surface area (Å²) < 4.78 is 0. The summed E-state index contributed by atoms with van der Waals surface area (Å²) in [6, 6.07) is 18.9. The van der Waals surface area contributed by atoms with Crippen LogP contribution in [0.1, 0.15) is 11.1 Å². The fraction of sp³-hybridized carbons (Fsp3) is 0.0667. The van der Waals surface area contributed by atoms with Crippen LogP contribution in [0.25, 0.3) is 0 Å². The summed E-state index contributed by atoms with van der Waals surface area (Å²) in [7, 11) is 0. The first-order valence-electron chi connectivity index (χ1n) is 5.46. The van der Waals surface area contributed by atoms with Crippen LogP contribution in [0.2, 0.25) is 0 Å². The molecule has 0 amide bonds. The molecular weight excluding hydrogens is 212 g/mol. The molecule has 2 aromatic carbocycles. The molecule has 2 heteroatoms. The first-order chi connectivity index (χ1) is 8.27. The van der Waals surface area contributed by atoms with Gasteiger partial charge in [0, 0.05) is 0 Å². The lowest BCUT2D eigenvalue weighted by atomic mass is 9.92. The van der Waals surface area contributed by atoms with Gasteiger partial charge in [0.2, 0.25) is 0 Å². The Kier molecular flexibility index (Phi) is 3.55. The molecule has 2 aromatic rings. The summed E-state index contributed by atoms with van der Waals surface area (Å²) in [5.41, 5.74) is 1.78. The molecule has 0 aliphatic carbocycles. The fourth-order valence-electron chi connectivity index (χ4n) is 1.74. The van der Waals surface area contributed by atoms with E-state index in [-0.39, 0.29) is 0 Å². The Morgan fingerprint density at radius 3 is 1.94 bits per heavy atom. The molecule has 0 spiro atoms. The average molecular weight is 225 g/mol. The van der Waals surface area contributed by atoms with Crippen molar-refractivity contribution >= 4 is 5.97 Å². The van der Waals surface area contributed by atoms with Gasteiger partial charge in [-0.2, -0.15) is 0 Å². The van der Waals surface area contributed by atoms with Crippen molar-refractivity contribution in [3.05, 3.63) is 77.7 Å². The molecule has 0 unspecified atom stereocenters. The second-order valence-corrected chi connectivity index (χ2v) is 3.81. The number of hydrogen-bond acceptors (Lipinski definition) is 1. The lowest BCUT2D eigenvalue weighted by Gasteiger charge is -2.11. The number of hydrogen-bond donors (Lipinski definition) is 1. The van der Waals surface area contributed by atoms with Gasteiger partial charge in [0.15, 0.2) is 0 Å². The maximum absolute atomic E-state index is 11.3. The van der Waals surface area contributed by atoms with Crippen molar-refractivity contribution in [3.8, 4) is 0 Å². The number of carbonyl (C=O) groups is 1. The van der Waals surface area contributed by atoms with E-state index in [0.29, 0.717) is 12.3 Å². The van der Waals surface area contributed by atoms with E-state index >= 15 is 0 Å². The normalized spacial score (nSPS) is 10.4. The van der Waals surface area contributed by atoms with Crippen LogP contribution in [0.4, 0.5) is 0 Å². The van der Waals surface area contributed by atoms with Crippen LogP contribution >= 0.6 is 0 Å². The quantitative estimate of drug-likeness (QED) is 0.868. The number of aliphatic carboxylic acids is 1. The van der Waals surface area contributed by atoms with E-state index in [4.69, 9.17) is 0 Å². The third-order valence-corrected chi connectivity index (χ3v) is 2.60. The summed E-state index contributed by atoms with van der Waals surface area (Å²) in [5, 5.41) is 9.25. The topological polar surface area (TPSA) is 37.3 Å². The first kappa shape index (κ1) is 11.4. The highest BCUT2D eigenvalue weighted by Gasteiger charge is 2.20. The van der Waals surface area contributed by atoms with Crippen LogP contribution in [-0.4, -0.2) is 11.1 Å². The lowest BCUT2D eigenvalue weighted by molar-refractivity contribution is -0.134. The Morgan fingerprint density at radius 1 is 0.882 bits per heavy atom. The van der Waals surface area contributed by atoms with Gasteiger partial charge in [-0.05, 0) is 17.5 Å². The lowest BCUT2D eigenvalue weighted by Crippen LogP contribution is -2.15. The van der Waals surface area contributed by atoms with E-state index in [9.17, 15) is 9.90 Å². The van der Waals surface area contributed by atoms with Gasteiger partial charge in [-0.3, -0.25) is 4.79 Å². The average Bonchev–Trinajstić information content (AvgIpc) is 2.38. The second kappa shape index (κ2) is 5.30. The maximum atomic E-state index is 11.3. The number of benzene rings is 2. The number of carboxylic acids is 1. The zero-order chi connectivity index (χ0) is 12.1. The minimum Gasteiger partial charge on any atom is -0.481 e. The van der Waals surface area contributed by atoms with Gasteiger partial charge in [-0.25, -0.2) is 0 Å². The molecular formula is C15H13O2. The van der Waals surface area contributed by atoms with E-state index in [2.05, 4.69) is 0 Å². The third kappa shape index (κ3) is 2.94. The van der Waals surface area contributed by atoms with Gasteiger partial charge in [0.05, 0.1) is 0 Å². The molecule has 1 radical (unpaired) electrons. The Labute approximate surface area is 101 Å². The molecule has 0 aliphatic rings. The van der Waals surface area contributed by atoms with Crippen molar-refractivity contribution in [3.63, 3.8) is 0 Å². The highest BCUT2D eigenvalue weighted by atomic mass is 16.4. The van der Waals surface area contributed by atoms with Crippen molar-refractivity contribution in [1.29, 1.82) is 0 Å². The Hall–Kier alpha value is -2.09. The van der Waals surface area contributed by atoms with Gasteiger partial charge >= 0.3 is 5.97 Å². The molecule has 0 aliphatic heterocycles. The van der Waals surface area contributed by atoms with Crippen molar-refractivity contribution in [2.75, 3.05) is 0 Å². The van der Waals surface area contributed by atoms with Crippen LogP contribution in [0.3, 0.4) is 0 Å². The molecule has 0 saturated heterocycles. The highest BCUT2D eigenvalue weighted by Crippen LogP contribution is 2.19. The smallest absolute Gasteiger partial charge is 0.316 e. The van der Waals surface area contributed by atoms with Crippen LogP contribution < -0.4 is 0 Å². The largest absolute Gasteiger partial charge is 0.481 e. The van der Waals surface area contributed by atoms with Crippen LogP contribution in [0.15, 0.2) is 60.7 Å². The summed E-state index contributed by atoms with van der Waals surface area (Å²) in [5.74, 6) is -0.433. The Balaban J connectivity index is 2.23. The van der Waals surface area contributed by atoms with Gasteiger partial charge in [-0.1, -0.05) is 60.7 Å². The van der Waals surface area contributed by atoms with E-state index in [1.165, 1.54) is 0 Å². The number of rotatable bonds is 4. The van der Waals surface area contributed by atoms with Gasteiger partial charge in [0.25, 0.3) is 0 Å². The van der Waals surface area contributed by atoms with E-state index in [1.807, 2.05) is 60.7 Å². The fourth-order valence-corrected chi connectivity index (χ4v) is 1.74. The van der Waals surface area contributed by atoms with Crippen LogP contribution in [0, 0.1) is 5.92 Å². The monoisotopic (exact) mass is 225 g/mol. The molecule has 17 heavy (non-hydrogen) atoms. The summed E-state index contributed by atoms with van der Waals surface area (Å²) in [6.45, 7) is 0. The third-order valence-electron chi connectivity index (χ3n) is 2.60. The molecule has 0 saturated carbocycles. The standard InChI is InChI=1S/C15H13O2/c16-15(17)14(13-9-5-2-6-10-13)11-12-7-3-1-4-8-12/h1-10H,11H2,(H,16,17). The van der Waals surface area contributed by atoms with E-state index in [0.717, 1.165) is 11.1 Å². The molecule has 0 bridgehead atoms. The molecule has 2 rings (SSSR count). The second-order valence-electron chi connectivity index (χ2n) is 3.81. The maximum Gasteiger partial charge on any atom is 0.316 e. The minimum absolute atomic E-state index is 0.428. The van der Waals surface area contributed by atoms with Gasteiger partial charge in [-0.15, -0.1) is 0 Å². The number of carboxylic acid groups (broad SMARTS) is 1. The molecule has 1 N–H and O–H groups in total. The predicted octanol–water partition coefficient (Wildman–Crippen LogP) is 2.94. The van der Waals surface area contributed by atoms with Crippen molar-refractivity contribution in [2.45, 2.75) is 6.42 Å². The molecule has 2 nitrogen and oxygen atoms in total. The van der Waals surface area contributed by atoms with Gasteiger partial charge in [0.1, 0.15) is 5.92 Å².